The largest absolute Gasteiger partial charge is 0.381 e. The van der Waals surface area contributed by atoms with Gasteiger partial charge in [-0.25, -0.2) is 9.18 Å². The lowest BCUT2D eigenvalue weighted by atomic mass is 9.74. The molecule has 2 aromatic rings. The average Bonchev–Trinajstić information content (AvgIpc) is 3.53. The number of halogens is 1. The monoisotopic (exact) mass is 396 g/mol. The van der Waals surface area contributed by atoms with E-state index in [9.17, 15) is 9.18 Å². The van der Waals surface area contributed by atoms with Crippen molar-refractivity contribution < 1.29 is 13.9 Å². The number of urea groups is 1. The first-order chi connectivity index (χ1) is 14.0. The van der Waals surface area contributed by atoms with E-state index in [0.29, 0.717) is 26.3 Å². The number of hydrogen-bond donors (Lipinski definition) is 2. The Morgan fingerprint density at radius 3 is 2.31 bits per heavy atom. The first-order valence-electron chi connectivity index (χ1n) is 10.4. The van der Waals surface area contributed by atoms with Crippen molar-refractivity contribution in [2.75, 3.05) is 26.3 Å². The molecule has 2 aliphatic rings. The molecule has 1 heterocycles. The Labute approximate surface area is 171 Å². The van der Waals surface area contributed by atoms with E-state index < -0.39 is 0 Å². The highest BCUT2D eigenvalue weighted by Crippen LogP contribution is 2.48. The van der Waals surface area contributed by atoms with Crippen molar-refractivity contribution in [2.45, 2.75) is 43.4 Å². The fourth-order valence-electron chi connectivity index (χ4n) is 4.57. The van der Waals surface area contributed by atoms with E-state index in [4.69, 9.17) is 4.74 Å². The van der Waals surface area contributed by atoms with E-state index in [1.165, 1.54) is 17.2 Å². The zero-order chi connectivity index (χ0) is 20.3. The average molecular weight is 397 g/mol. The summed E-state index contributed by atoms with van der Waals surface area (Å²) in [6.07, 6.45) is 3.74. The summed E-state index contributed by atoms with van der Waals surface area (Å²) in [5.41, 5.74) is 3.33. The molecule has 2 fully saturated rings. The molecular weight excluding hydrogens is 367 g/mol. The number of carbonyl (C=O) groups excluding carboxylic acids is 1. The van der Waals surface area contributed by atoms with Gasteiger partial charge in [0.25, 0.3) is 0 Å². The van der Waals surface area contributed by atoms with Gasteiger partial charge in [-0.2, -0.15) is 0 Å². The second kappa shape index (κ2) is 8.15. The molecule has 1 saturated carbocycles. The highest BCUT2D eigenvalue weighted by Gasteiger charge is 2.45. The Morgan fingerprint density at radius 1 is 0.966 bits per heavy atom. The maximum Gasteiger partial charge on any atom is 0.314 e. The number of carbonyl (C=O) groups is 1. The van der Waals surface area contributed by atoms with Crippen LogP contribution >= 0.6 is 0 Å². The molecule has 0 atom stereocenters. The molecular formula is C24H29FN2O2. The van der Waals surface area contributed by atoms with Crippen LogP contribution in [-0.2, 0) is 15.6 Å². The SMILES string of the molecule is Cc1ccccc1C1(CNC(=O)NCC2(c3cccc(F)c3)CCOCC2)CC1. The predicted octanol–water partition coefficient (Wildman–Crippen LogP) is 4.21. The molecule has 0 spiro atoms. The van der Waals surface area contributed by atoms with Gasteiger partial charge in [0, 0.05) is 37.1 Å². The molecule has 0 radical (unpaired) electrons. The van der Waals surface area contributed by atoms with Crippen molar-refractivity contribution in [3.63, 3.8) is 0 Å². The molecule has 2 N–H and O–H groups in total. The number of hydrogen-bond acceptors (Lipinski definition) is 2. The fourth-order valence-corrected chi connectivity index (χ4v) is 4.57. The normalized spacial score (nSPS) is 19.4. The molecule has 0 aromatic heterocycles. The number of nitrogens with one attached hydrogen (secondary N) is 2. The molecule has 154 valence electrons. The van der Waals surface area contributed by atoms with E-state index in [1.54, 1.807) is 12.1 Å². The van der Waals surface area contributed by atoms with Gasteiger partial charge in [0.15, 0.2) is 0 Å². The molecule has 0 unspecified atom stereocenters. The summed E-state index contributed by atoms with van der Waals surface area (Å²) >= 11 is 0. The van der Waals surface area contributed by atoms with Gasteiger partial charge in [0.2, 0.25) is 0 Å². The van der Waals surface area contributed by atoms with Crippen LogP contribution in [0, 0.1) is 12.7 Å². The fraction of sp³-hybridized carbons (Fsp3) is 0.458. The van der Waals surface area contributed by atoms with Crippen LogP contribution in [0.4, 0.5) is 9.18 Å². The lowest BCUT2D eigenvalue weighted by Gasteiger charge is -2.38. The summed E-state index contributed by atoms with van der Waals surface area (Å²) in [7, 11) is 0. The van der Waals surface area contributed by atoms with Gasteiger partial charge in [-0.1, -0.05) is 36.4 Å². The first-order valence-corrected chi connectivity index (χ1v) is 10.4. The van der Waals surface area contributed by atoms with Crippen LogP contribution in [0.15, 0.2) is 48.5 Å². The Kier molecular flexibility index (Phi) is 5.59. The maximum absolute atomic E-state index is 13.8. The number of amides is 2. The molecule has 1 aliphatic heterocycles. The zero-order valence-electron chi connectivity index (χ0n) is 17.0. The molecule has 1 saturated heterocycles. The molecule has 29 heavy (non-hydrogen) atoms. The Balaban J connectivity index is 1.38. The molecule has 4 rings (SSSR count). The number of ether oxygens (including phenoxy) is 1. The van der Waals surface area contributed by atoms with E-state index in [1.807, 2.05) is 6.07 Å². The first kappa shape index (κ1) is 19.9. The van der Waals surface area contributed by atoms with Crippen LogP contribution in [0.1, 0.15) is 42.4 Å². The predicted molar refractivity (Wildman–Crippen MR) is 112 cm³/mol. The minimum absolute atomic E-state index is 0.0710. The lowest BCUT2D eigenvalue weighted by Crippen LogP contribution is -2.48. The van der Waals surface area contributed by atoms with E-state index in [0.717, 1.165) is 31.2 Å². The molecule has 2 amide bonds. The molecule has 4 nitrogen and oxygen atoms in total. The summed E-state index contributed by atoms with van der Waals surface area (Å²) in [4.78, 5) is 12.6. The lowest BCUT2D eigenvalue weighted by molar-refractivity contribution is 0.0506. The Bertz CT molecular complexity index is 873. The van der Waals surface area contributed by atoms with Gasteiger partial charge in [-0.05, 0) is 61.4 Å². The van der Waals surface area contributed by atoms with Crippen LogP contribution in [0.2, 0.25) is 0 Å². The number of benzene rings is 2. The van der Waals surface area contributed by atoms with Crippen molar-refractivity contribution in [1.82, 2.24) is 10.6 Å². The van der Waals surface area contributed by atoms with Crippen molar-refractivity contribution in [2.24, 2.45) is 0 Å². The highest BCUT2D eigenvalue weighted by molar-refractivity contribution is 5.74. The van der Waals surface area contributed by atoms with Gasteiger partial charge < -0.3 is 15.4 Å². The molecule has 1 aliphatic carbocycles. The molecule has 5 heteroatoms. The van der Waals surface area contributed by atoms with Crippen molar-refractivity contribution in [3.05, 3.63) is 71.0 Å². The quantitative estimate of drug-likeness (QED) is 0.768. The summed E-state index contributed by atoms with van der Waals surface area (Å²) in [6.45, 7) is 4.48. The smallest absolute Gasteiger partial charge is 0.314 e. The van der Waals surface area contributed by atoms with Crippen molar-refractivity contribution >= 4 is 6.03 Å². The van der Waals surface area contributed by atoms with Crippen LogP contribution in [0.3, 0.4) is 0 Å². The van der Waals surface area contributed by atoms with E-state index in [-0.39, 0.29) is 22.7 Å². The standard InChI is InChI=1S/C24H29FN2O2/c1-18-5-2-3-8-21(18)24(9-10-24)17-27-22(28)26-16-23(11-13-29-14-12-23)19-6-4-7-20(25)15-19/h2-8,15H,9-14,16-17H2,1H3,(H2,26,27,28). The van der Waals surface area contributed by atoms with Crippen molar-refractivity contribution in [1.29, 1.82) is 0 Å². The second-order valence-electron chi connectivity index (χ2n) is 8.53. The summed E-state index contributed by atoms with van der Waals surface area (Å²) < 4.78 is 19.3. The molecule has 2 aromatic carbocycles. The minimum Gasteiger partial charge on any atom is -0.381 e. The third kappa shape index (κ3) is 4.30. The summed E-state index contributed by atoms with van der Waals surface area (Å²) in [6, 6.07) is 15.0. The number of rotatable bonds is 6. The topological polar surface area (TPSA) is 50.4 Å². The van der Waals surface area contributed by atoms with E-state index in [2.05, 4.69) is 41.8 Å². The zero-order valence-corrected chi connectivity index (χ0v) is 17.0. The van der Waals surface area contributed by atoms with Gasteiger partial charge in [-0.3, -0.25) is 0 Å². The van der Waals surface area contributed by atoms with Gasteiger partial charge in [-0.15, -0.1) is 0 Å². The van der Waals surface area contributed by atoms with Gasteiger partial charge >= 0.3 is 6.03 Å². The van der Waals surface area contributed by atoms with E-state index >= 15 is 0 Å². The van der Waals surface area contributed by atoms with Crippen LogP contribution < -0.4 is 10.6 Å². The molecule has 0 bridgehead atoms. The highest BCUT2D eigenvalue weighted by atomic mass is 19.1. The van der Waals surface area contributed by atoms with Crippen LogP contribution in [0.5, 0.6) is 0 Å². The van der Waals surface area contributed by atoms with Crippen LogP contribution in [-0.4, -0.2) is 32.3 Å². The Hall–Kier alpha value is -2.40. The minimum atomic E-state index is -0.287. The summed E-state index contributed by atoms with van der Waals surface area (Å²) in [5, 5.41) is 6.12. The van der Waals surface area contributed by atoms with Crippen molar-refractivity contribution in [3.8, 4) is 0 Å². The third-order valence-corrected chi connectivity index (χ3v) is 6.63. The second-order valence-corrected chi connectivity index (χ2v) is 8.53. The van der Waals surface area contributed by atoms with Gasteiger partial charge in [0.05, 0.1) is 0 Å². The van der Waals surface area contributed by atoms with Gasteiger partial charge in [0.1, 0.15) is 5.82 Å². The maximum atomic E-state index is 13.8. The summed E-state index contributed by atoms with van der Waals surface area (Å²) in [5.74, 6) is -0.244. The number of aryl methyl sites for hydroxylation is 1. The van der Waals surface area contributed by atoms with Crippen LogP contribution in [0.25, 0.3) is 0 Å². The third-order valence-electron chi connectivity index (χ3n) is 6.63. The Morgan fingerprint density at radius 2 is 1.66 bits per heavy atom.